The van der Waals surface area contributed by atoms with Crippen LogP contribution < -0.4 is 30.2 Å². The van der Waals surface area contributed by atoms with E-state index in [2.05, 4.69) is 16.0 Å². The summed E-state index contributed by atoms with van der Waals surface area (Å²) in [6, 6.07) is 18.5. The second-order valence-electron chi connectivity index (χ2n) is 21.0. The van der Waals surface area contributed by atoms with Gasteiger partial charge in [-0.15, -0.1) is 0 Å². The van der Waals surface area contributed by atoms with Crippen molar-refractivity contribution in [3.63, 3.8) is 0 Å². The maximum Gasteiger partial charge on any atom is 0.308 e. The quantitative estimate of drug-likeness (QED) is 0.0344. The molecule has 6 aromatic rings. The van der Waals surface area contributed by atoms with E-state index in [1.807, 2.05) is 0 Å². The highest BCUT2D eigenvalue weighted by Gasteiger charge is 2.29. The van der Waals surface area contributed by atoms with E-state index in [4.69, 9.17) is 14.2 Å². The van der Waals surface area contributed by atoms with Crippen molar-refractivity contribution in [2.45, 2.75) is 59.7 Å². The summed E-state index contributed by atoms with van der Waals surface area (Å²) in [6.45, 7) is 7.25. The number of nitrogens with zero attached hydrogens (tertiary/aromatic N) is 3. The predicted octanol–water partition coefficient (Wildman–Crippen LogP) is 9.07. The van der Waals surface area contributed by atoms with E-state index in [1.54, 1.807) is 0 Å². The van der Waals surface area contributed by atoms with Crippen molar-refractivity contribution in [1.82, 2.24) is 30.7 Å². The Morgan fingerprint density at radius 1 is 0.354 bits per heavy atom. The van der Waals surface area contributed by atoms with Gasteiger partial charge in [-0.25, -0.2) is 26.3 Å². The van der Waals surface area contributed by atoms with Gasteiger partial charge in [-0.05, 0) is 89.5 Å². The third kappa shape index (κ3) is 24.2. The summed E-state index contributed by atoms with van der Waals surface area (Å²) < 4.78 is 97.7. The third-order valence-corrected chi connectivity index (χ3v) is 15.5. The summed E-state index contributed by atoms with van der Waals surface area (Å²) in [7, 11) is 9.10. The zero-order valence-corrected chi connectivity index (χ0v) is 56.2. The van der Waals surface area contributed by atoms with Gasteiger partial charge in [0.2, 0.25) is 50.8 Å². The Morgan fingerprint density at radius 3 is 0.771 bits per heavy atom. The number of thioether (sulfide) groups is 3. The van der Waals surface area contributed by atoms with Crippen LogP contribution in [0.1, 0.15) is 72.6 Å². The van der Waals surface area contributed by atoms with E-state index in [0.29, 0.717) is 0 Å². The smallest absolute Gasteiger partial charge is 0.308 e. The molecule has 0 fully saturated rings. The van der Waals surface area contributed by atoms with E-state index in [0.717, 1.165) is 92.5 Å². The molecule has 3 N–H and O–H groups in total. The molecule has 6 rings (SSSR count). The zero-order valence-electron chi connectivity index (χ0n) is 53.7. The molecular weight excluding hydrogens is 1330 g/mol. The van der Waals surface area contributed by atoms with Gasteiger partial charge >= 0.3 is 17.9 Å². The molecule has 3 atom stereocenters. The van der Waals surface area contributed by atoms with Crippen molar-refractivity contribution in [2.75, 3.05) is 59.5 Å². The predicted molar refractivity (Wildman–Crippen MR) is 349 cm³/mol. The van der Waals surface area contributed by atoms with E-state index in [1.165, 1.54) is 151 Å². The second kappa shape index (κ2) is 36.7. The average molecular weight is 1390 g/mol. The largest absolute Gasteiger partial charge is 0.426 e. The van der Waals surface area contributed by atoms with Crippen LogP contribution in [0.5, 0.6) is 17.2 Å². The molecule has 0 aliphatic carbocycles. The molecule has 510 valence electrons. The number of rotatable bonds is 21. The molecule has 0 radical (unpaired) electrons. The fraction of sp³-hybridized carbons (Fsp3) is 0.273. The lowest BCUT2D eigenvalue weighted by Gasteiger charge is -2.20. The Labute approximate surface area is 560 Å². The summed E-state index contributed by atoms with van der Waals surface area (Å²) in [5.74, 6) is -9.58. The Balaban J connectivity index is 0.000000306. The average Bonchev–Trinajstić information content (AvgIpc) is 0.827. The van der Waals surface area contributed by atoms with Crippen LogP contribution in [0.25, 0.3) is 33.4 Å². The number of amides is 6. The molecule has 6 amide bonds. The van der Waals surface area contributed by atoms with E-state index < -0.39 is 122 Å². The zero-order chi connectivity index (χ0) is 72.0. The second-order valence-corrected chi connectivity index (χ2v) is 24.0. The van der Waals surface area contributed by atoms with Gasteiger partial charge in [-0.1, -0.05) is 53.5 Å². The van der Waals surface area contributed by atoms with Gasteiger partial charge in [0.25, 0.3) is 0 Å². The summed E-state index contributed by atoms with van der Waals surface area (Å²) >= 11 is 2.19. The number of nitrogens with one attached hydrogen (secondary N) is 3. The van der Waals surface area contributed by atoms with Gasteiger partial charge in [-0.3, -0.25) is 57.5 Å². The van der Waals surface area contributed by atoms with Crippen molar-refractivity contribution < 1.29 is 98.1 Å². The van der Waals surface area contributed by atoms with Gasteiger partial charge < -0.3 is 44.9 Å². The summed E-state index contributed by atoms with van der Waals surface area (Å²) in [5.41, 5.74) is 0.859. The van der Waals surface area contributed by atoms with E-state index >= 15 is 0 Å². The first-order valence-corrected chi connectivity index (χ1v) is 31.2. The van der Waals surface area contributed by atoms with Crippen molar-refractivity contribution in [3.05, 3.63) is 161 Å². The number of halogens is 6. The van der Waals surface area contributed by atoms with Gasteiger partial charge in [0.15, 0.2) is 0 Å². The molecule has 6 aromatic carbocycles. The van der Waals surface area contributed by atoms with Crippen LogP contribution in [0.4, 0.5) is 26.3 Å². The summed E-state index contributed by atoms with van der Waals surface area (Å²) in [4.78, 5) is 148. The normalized spacial score (nSPS) is 11.4. The van der Waals surface area contributed by atoms with Crippen molar-refractivity contribution in [3.8, 4) is 50.6 Å². The fourth-order valence-corrected chi connectivity index (χ4v) is 11.0. The molecular formula is C66H66F6N6O15S3. The maximum atomic E-state index is 14.2. The topological polar surface area (TPSA) is 278 Å². The van der Waals surface area contributed by atoms with E-state index in [9.17, 15) is 83.9 Å². The van der Waals surface area contributed by atoms with Crippen LogP contribution >= 0.6 is 35.3 Å². The van der Waals surface area contributed by atoms with Gasteiger partial charge in [-0.2, -0.15) is 0 Å². The maximum absolute atomic E-state index is 14.2. The lowest BCUT2D eigenvalue weighted by Crippen LogP contribution is -2.47. The molecule has 0 saturated heterocycles. The Kier molecular flexibility index (Phi) is 30.1. The fourth-order valence-electron chi connectivity index (χ4n) is 8.38. The van der Waals surface area contributed by atoms with Gasteiger partial charge in [0, 0.05) is 136 Å². The number of esters is 3. The Bertz CT molecular complexity index is 3570. The standard InChI is InChI=1S/3C22H22F2N2O5S/c3*1-12(27)25-19(21(29)26(3)4)11-32-22(30)17-9-14(5-8-20(17)31-13(2)28)16-7-6-15(23)10-18(16)24/h3*5-10,19H,11H2,1-4H3,(H,25,27)/t2*19-;/m10./s1. The highest BCUT2D eigenvalue weighted by molar-refractivity contribution is 8.14. The number of hydrogen-bond acceptors (Lipinski definition) is 18. The molecule has 0 aliphatic heterocycles. The minimum atomic E-state index is -0.952. The van der Waals surface area contributed by atoms with Crippen LogP contribution in [0, 0.1) is 34.9 Å². The van der Waals surface area contributed by atoms with Crippen LogP contribution in [0.3, 0.4) is 0 Å². The van der Waals surface area contributed by atoms with Crippen molar-refractivity contribution in [2.24, 2.45) is 0 Å². The van der Waals surface area contributed by atoms with Gasteiger partial charge in [0.05, 0.1) is 16.7 Å². The number of carbonyl (C=O) groups excluding carboxylic acids is 12. The monoisotopic (exact) mass is 1390 g/mol. The molecule has 0 heterocycles. The van der Waals surface area contributed by atoms with Crippen LogP contribution in [-0.4, -0.2) is 161 Å². The first-order valence-electron chi connectivity index (χ1n) is 28.3. The molecule has 0 aliphatic rings. The van der Waals surface area contributed by atoms with Crippen molar-refractivity contribution in [1.29, 1.82) is 0 Å². The first kappa shape index (κ1) is 78.6. The lowest BCUT2D eigenvalue weighted by molar-refractivity contribution is -0.133. The number of hydrogen-bond donors (Lipinski definition) is 3. The Morgan fingerprint density at radius 2 is 0.583 bits per heavy atom. The molecule has 30 heteroatoms. The summed E-state index contributed by atoms with van der Waals surface area (Å²) in [5, 5.41) is 5.79. The van der Waals surface area contributed by atoms with E-state index in [-0.39, 0.29) is 84.6 Å². The van der Waals surface area contributed by atoms with Gasteiger partial charge in [0.1, 0.15) is 70.3 Å². The first-order chi connectivity index (χ1) is 45.0. The number of carbonyl (C=O) groups is 12. The minimum Gasteiger partial charge on any atom is -0.426 e. The molecule has 1 unspecified atom stereocenters. The molecule has 0 saturated carbocycles. The van der Waals surface area contributed by atoms with Crippen LogP contribution in [0.15, 0.2) is 109 Å². The minimum absolute atomic E-state index is 0.0368. The number of likely N-dealkylation sites (N-methyl/N-ethyl adjacent to an activating group) is 3. The molecule has 0 spiro atoms. The summed E-state index contributed by atoms with van der Waals surface area (Å²) in [6.07, 6.45) is 0. The molecule has 0 bridgehead atoms. The highest BCUT2D eigenvalue weighted by atomic mass is 32.2. The lowest BCUT2D eigenvalue weighted by atomic mass is 10.0. The number of benzene rings is 6. The van der Waals surface area contributed by atoms with Crippen LogP contribution in [-0.2, 0) is 43.2 Å². The van der Waals surface area contributed by atoms with Crippen molar-refractivity contribution >= 4 is 104 Å². The third-order valence-electron chi connectivity index (χ3n) is 12.6. The molecule has 21 nitrogen and oxygen atoms in total. The number of ether oxygens (including phenoxy) is 3. The molecule has 96 heavy (non-hydrogen) atoms. The molecule has 0 aromatic heterocycles. The van der Waals surface area contributed by atoms with Crippen LogP contribution in [0.2, 0.25) is 0 Å². The highest BCUT2D eigenvalue weighted by Crippen LogP contribution is 2.35. The Hall–Kier alpha value is -9.81. The SMILES string of the molecule is CC(=O)NC(CSC(=O)c1cc(-c2ccc(F)cc2F)ccc1OC(C)=O)C(=O)N(C)C.CC(=O)N[C@@H](CSC(=O)c1cc(-c2ccc(F)cc2F)ccc1OC(C)=O)C(=O)N(C)C.CC(=O)N[C@H](CSC(=O)c1cc(-c2ccc(F)cc2F)ccc1OC(C)=O)C(=O)N(C)C.